The Hall–Kier alpha value is -1.55. The summed E-state index contributed by atoms with van der Waals surface area (Å²) in [5.74, 6) is 2.96. The Morgan fingerprint density at radius 3 is 2.73 bits per heavy atom. The minimum absolute atomic E-state index is 0.208. The van der Waals surface area contributed by atoms with Crippen molar-refractivity contribution in [2.75, 3.05) is 7.11 Å². The second-order valence-electron chi connectivity index (χ2n) is 9.37. The molecule has 0 heterocycles. The molecule has 140 valence electrons. The average molecular weight is 370 g/mol. The van der Waals surface area contributed by atoms with Crippen molar-refractivity contribution in [1.82, 2.24) is 0 Å². The quantitative estimate of drug-likeness (QED) is 0.495. The summed E-state index contributed by atoms with van der Waals surface area (Å²) >= 11 is 0. The molecular formula is C22H31NO2Si. The van der Waals surface area contributed by atoms with E-state index in [0.717, 1.165) is 12.2 Å². The highest BCUT2D eigenvalue weighted by Gasteiger charge is 2.53. The van der Waals surface area contributed by atoms with Crippen LogP contribution in [0.25, 0.3) is 6.08 Å². The van der Waals surface area contributed by atoms with E-state index >= 15 is 0 Å². The fraction of sp³-hybridized carbons (Fsp3) is 0.591. The summed E-state index contributed by atoms with van der Waals surface area (Å²) in [6.45, 7) is 9.12. The molecule has 4 heteroatoms. The highest BCUT2D eigenvalue weighted by atomic mass is 28.4. The molecule has 3 nitrogen and oxygen atoms in total. The van der Waals surface area contributed by atoms with Gasteiger partial charge in [0.05, 0.1) is 5.71 Å². The lowest BCUT2D eigenvalue weighted by Crippen LogP contribution is -2.41. The Bertz CT molecular complexity index is 764. The summed E-state index contributed by atoms with van der Waals surface area (Å²) in [5, 5.41) is 4.39. The van der Waals surface area contributed by atoms with Crippen molar-refractivity contribution in [2.45, 2.75) is 58.2 Å². The minimum Gasteiger partial charge on any atom is -0.544 e. The van der Waals surface area contributed by atoms with Crippen LogP contribution < -0.4 is 4.43 Å². The Kier molecular flexibility index (Phi) is 4.29. The molecule has 2 fully saturated rings. The van der Waals surface area contributed by atoms with Crippen LogP contribution in [-0.4, -0.2) is 21.1 Å². The maximum Gasteiger partial charge on any atom is 0.242 e. The predicted octanol–water partition coefficient (Wildman–Crippen LogP) is 5.84. The van der Waals surface area contributed by atoms with E-state index in [1.807, 2.05) is 0 Å². The molecule has 1 aromatic carbocycles. The van der Waals surface area contributed by atoms with Gasteiger partial charge in [0.1, 0.15) is 12.9 Å². The van der Waals surface area contributed by atoms with Gasteiger partial charge in [-0.2, -0.15) is 0 Å². The molecule has 3 aliphatic carbocycles. The molecule has 4 atom stereocenters. The van der Waals surface area contributed by atoms with E-state index in [4.69, 9.17) is 9.26 Å². The van der Waals surface area contributed by atoms with Gasteiger partial charge in [-0.25, -0.2) is 0 Å². The lowest BCUT2D eigenvalue weighted by Gasteiger charge is -2.47. The van der Waals surface area contributed by atoms with Crippen LogP contribution in [0.1, 0.15) is 49.7 Å². The standard InChI is InChI=1S/C22H31NO2Si/c1-22-13-12-18-17-9-7-16(25-26(3,4)5)14-15(17)6-8-19(18)20(22)10-11-21(22)23-24-2/h6-9,14,18-20H,10-13H2,1-5H3/b23-21+. The van der Waals surface area contributed by atoms with Crippen LogP contribution >= 0.6 is 0 Å². The zero-order valence-electron chi connectivity index (χ0n) is 16.7. The van der Waals surface area contributed by atoms with Gasteiger partial charge >= 0.3 is 0 Å². The molecule has 0 saturated heterocycles. The molecule has 3 aliphatic rings. The Balaban J connectivity index is 1.63. The van der Waals surface area contributed by atoms with Crippen LogP contribution in [0.15, 0.2) is 29.4 Å². The first-order chi connectivity index (χ1) is 12.3. The van der Waals surface area contributed by atoms with E-state index in [1.54, 1.807) is 7.11 Å². The minimum atomic E-state index is -1.57. The molecule has 4 unspecified atom stereocenters. The van der Waals surface area contributed by atoms with E-state index < -0.39 is 8.32 Å². The molecular weight excluding hydrogens is 338 g/mol. The van der Waals surface area contributed by atoms with Crippen molar-refractivity contribution in [2.24, 2.45) is 22.4 Å². The second kappa shape index (κ2) is 6.26. The van der Waals surface area contributed by atoms with E-state index in [2.05, 4.69) is 62.1 Å². The summed E-state index contributed by atoms with van der Waals surface area (Å²) in [4.78, 5) is 5.14. The highest BCUT2D eigenvalue weighted by molar-refractivity contribution is 6.70. The third-order valence-electron chi connectivity index (χ3n) is 6.65. The van der Waals surface area contributed by atoms with Crippen LogP contribution in [0, 0.1) is 17.3 Å². The molecule has 4 rings (SSSR count). The van der Waals surface area contributed by atoms with Crippen LogP contribution in [0.2, 0.25) is 19.6 Å². The Labute approximate surface area is 158 Å². The number of oxime groups is 1. The first kappa shape index (κ1) is 17.8. The van der Waals surface area contributed by atoms with Crippen LogP contribution in [0.3, 0.4) is 0 Å². The highest BCUT2D eigenvalue weighted by Crippen LogP contribution is 2.59. The predicted molar refractivity (Wildman–Crippen MR) is 110 cm³/mol. The molecule has 0 aromatic heterocycles. The van der Waals surface area contributed by atoms with E-state index in [1.165, 1.54) is 36.1 Å². The molecule has 0 bridgehead atoms. The lowest BCUT2D eigenvalue weighted by molar-refractivity contribution is 0.133. The monoisotopic (exact) mass is 369 g/mol. The lowest BCUT2D eigenvalue weighted by atomic mass is 9.57. The second-order valence-corrected chi connectivity index (χ2v) is 13.8. The first-order valence-electron chi connectivity index (χ1n) is 9.93. The van der Waals surface area contributed by atoms with Gasteiger partial charge in [0.25, 0.3) is 0 Å². The fourth-order valence-corrected chi connectivity index (χ4v) is 6.38. The molecule has 0 radical (unpaired) electrons. The molecule has 0 aliphatic heterocycles. The summed E-state index contributed by atoms with van der Waals surface area (Å²) < 4.78 is 6.21. The Morgan fingerprint density at radius 1 is 1.19 bits per heavy atom. The SMILES string of the molecule is CO/N=C1\CCC2C3C=Cc4cc(O[Si](C)(C)C)ccc4C3CCC12C. The van der Waals surface area contributed by atoms with Gasteiger partial charge in [-0.3, -0.25) is 0 Å². The van der Waals surface area contributed by atoms with Crippen molar-refractivity contribution in [3.05, 3.63) is 35.4 Å². The van der Waals surface area contributed by atoms with Crippen molar-refractivity contribution in [3.8, 4) is 5.75 Å². The number of hydrogen-bond donors (Lipinski definition) is 0. The van der Waals surface area contributed by atoms with Gasteiger partial charge in [0.2, 0.25) is 8.32 Å². The van der Waals surface area contributed by atoms with Gasteiger partial charge in [-0.15, -0.1) is 0 Å². The molecule has 0 amide bonds. The zero-order chi connectivity index (χ0) is 18.5. The van der Waals surface area contributed by atoms with E-state index in [-0.39, 0.29) is 5.41 Å². The smallest absolute Gasteiger partial charge is 0.242 e. The van der Waals surface area contributed by atoms with Gasteiger partial charge in [0.15, 0.2) is 0 Å². The molecule has 0 N–H and O–H groups in total. The van der Waals surface area contributed by atoms with Crippen molar-refractivity contribution in [3.63, 3.8) is 0 Å². The molecule has 2 saturated carbocycles. The van der Waals surface area contributed by atoms with Crippen LogP contribution in [0.4, 0.5) is 0 Å². The number of fused-ring (bicyclic) bond motifs is 5. The van der Waals surface area contributed by atoms with E-state index in [0.29, 0.717) is 17.8 Å². The summed E-state index contributed by atoms with van der Waals surface area (Å²) in [5.41, 5.74) is 4.36. The van der Waals surface area contributed by atoms with Crippen molar-refractivity contribution < 1.29 is 9.26 Å². The van der Waals surface area contributed by atoms with Crippen LogP contribution in [-0.2, 0) is 4.84 Å². The normalized spacial score (nSPS) is 34.2. The van der Waals surface area contributed by atoms with Gasteiger partial charge in [-0.05, 0) is 86.3 Å². The maximum absolute atomic E-state index is 6.21. The summed E-state index contributed by atoms with van der Waals surface area (Å²) in [7, 11) is 0.103. The van der Waals surface area contributed by atoms with Gasteiger partial charge < -0.3 is 9.26 Å². The third-order valence-corrected chi connectivity index (χ3v) is 7.50. The van der Waals surface area contributed by atoms with Crippen molar-refractivity contribution in [1.29, 1.82) is 0 Å². The number of benzene rings is 1. The van der Waals surface area contributed by atoms with E-state index in [9.17, 15) is 0 Å². The molecule has 0 spiro atoms. The van der Waals surface area contributed by atoms with Crippen molar-refractivity contribution >= 4 is 20.1 Å². The number of hydrogen-bond acceptors (Lipinski definition) is 3. The molecule has 1 aromatic rings. The summed E-state index contributed by atoms with van der Waals surface area (Å²) in [6, 6.07) is 6.77. The topological polar surface area (TPSA) is 30.8 Å². The largest absolute Gasteiger partial charge is 0.544 e. The Morgan fingerprint density at radius 2 is 2.00 bits per heavy atom. The zero-order valence-corrected chi connectivity index (χ0v) is 17.7. The average Bonchev–Trinajstić information content (AvgIpc) is 2.90. The maximum atomic E-state index is 6.21. The first-order valence-corrected chi connectivity index (χ1v) is 13.3. The van der Waals surface area contributed by atoms with Crippen LogP contribution in [0.5, 0.6) is 5.75 Å². The van der Waals surface area contributed by atoms with Gasteiger partial charge in [0, 0.05) is 5.41 Å². The fourth-order valence-electron chi connectivity index (χ4n) is 5.54. The number of rotatable bonds is 3. The summed E-state index contributed by atoms with van der Waals surface area (Å²) in [6.07, 6.45) is 9.57. The molecule has 26 heavy (non-hydrogen) atoms. The van der Waals surface area contributed by atoms with Gasteiger partial charge in [-0.1, -0.05) is 30.3 Å². The number of allylic oxidation sites excluding steroid dienone is 1. The number of nitrogens with zero attached hydrogens (tertiary/aromatic N) is 1. The third kappa shape index (κ3) is 2.92.